The van der Waals surface area contributed by atoms with Crippen LogP contribution in [0.5, 0.6) is 0 Å². The predicted octanol–water partition coefficient (Wildman–Crippen LogP) is 14.1. The second-order valence-electron chi connectivity index (χ2n) is 18.7. The quantitative estimate of drug-likeness (QED) is 0.154. The van der Waals surface area contributed by atoms with Gasteiger partial charge in [-0.3, -0.25) is 19.5 Å². The molecular formula is C60H56N8. The van der Waals surface area contributed by atoms with E-state index in [1.54, 1.807) is 0 Å². The number of aliphatic imine (C=N–C) groups is 3. The normalized spacial score (nSPS) is 19.9. The van der Waals surface area contributed by atoms with Crippen molar-refractivity contribution in [1.29, 1.82) is 0 Å². The molecule has 1 N–H and O–H groups in total. The number of hydrogen-bond donors (Lipinski definition) is 1. The minimum Gasteiger partial charge on any atom is -0.329 e. The van der Waals surface area contributed by atoms with Crippen LogP contribution in [-0.4, -0.2) is 45.5 Å². The number of aromatic nitrogens is 3. The largest absolute Gasteiger partial charge is 0.329 e. The van der Waals surface area contributed by atoms with Gasteiger partial charge in [-0.05, 0) is 110 Å². The first-order chi connectivity index (χ1) is 33.2. The second-order valence-corrected chi connectivity index (χ2v) is 18.7. The lowest BCUT2D eigenvalue weighted by molar-refractivity contribution is 0.538. The van der Waals surface area contributed by atoms with E-state index in [-0.39, 0.29) is 23.3 Å². The van der Waals surface area contributed by atoms with E-state index in [0.29, 0.717) is 12.5 Å². The molecule has 4 aliphatic rings. The molecule has 8 nitrogen and oxygen atoms in total. The average Bonchev–Trinajstić information content (AvgIpc) is 3.70. The number of nitrogens with one attached hydrogen (secondary N) is 1. The van der Waals surface area contributed by atoms with Gasteiger partial charge in [-0.2, -0.15) is 0 Å². The molecule has 0 fully saturated rings. The Labute approximate surface area is 399 Å². The van der Waals surface area contributed by atoms with Gasteiger partial charge in [0, 0.05) is 39.9 Å². The van der Waals surface area contributed by atoms with Crippen molar-refractivity contribution < 1.29 is 0 Å². The summed E-state index contributed by atoms with van der Waals surface area (Å²) in [6.07, 6.45) is 19.3. The highest BCUT2D eigenvalue weighted by Gasteiger charge is 2.40. The van der Waals surface area contributed by atoms with Gasteiger partial charge in [-0.15, -0.1) is 0 Å². The molecule has 0 bridgehead atoms. The number of rotatable bonds is 8. The third-order valence-electron chi connectivity index (χ3n) is 14.2. The number of hydrogen-bond acceptors (Lipinski definition) is 7. The summed E-state index contributed by atoms with van der Waals surface area (Å²) in [4.78, 5) is 28.7. The first-order valence-corrected chi connectivity index (χ1v) is 23.9. The fourth-order valence-electron chi connectivity index (χ4n) is 10.9. The lowest BCUT2D eigenvalue weighted by Gasteiger charge is -2.41. The maximum atomic E-state index is 5.74. The Kier molecular flexibility index (Phi) is 11.0. The molecule has 11 rings (SSSR count). The molecule has 0 amide bonds. The molecule has 0 radical (unpaired) electrons. The van der Waals surface area contributed by atoms with E-state index in [4.69, 9.17) is 24.9 Å². The number of anilines is 3. The highest BCUT2D eigenvalue weighted by atomic mass is 15.3. The second kappa shape index (κ2) is 17.5. The summed E-state index contributed by atoms with van der Waals surface area (Å²) in [5.41, 5.74) is 16.0. The van der Waals surface area contributed by atoms with Crippen molar-refractivity contribution in [3.63, 3.8) is 0 Å². The number of benzene rings is 5. The molecule has 4 heterocycles. The van der Waals surface area contributed by atoms with Gasteiger partial charge in [-0.1, -0.05) is 147 Å². The zero-order valence-electron chi connectivity index (χ0n) is 39.6. The van der Waals surface area contributed by atoms with Crippen LogP contribution in [0.15, 0.2) is 184 Å². The van der Waals surface area contributed by atoms with Crippen molar-refractivity contribution >= 4 is 74.4 Å². The van der Waals surface area contributed by atoms with Crippen LogP contribution in [0.4, 0.5) is 23.0 Å². The van der Waals surface area contributed by atoms with Gasteiger partial charge in [-0.25, -0.2) is 15.0 Å². The standard InChI is InChI=1S/C60H56N8/c1-7-61-37-48-38(3)63-58(65-56(48)44-27-19-25-42(33-44)40-21-11-9-12-22-40)67-51-31-17-15-29-46(51)47-35-50-54(36-53(47)67)68(52-32-18-16-30-49(52)60(50,5)6)59-64-39(4)55(62-8-2)57(66-59)45-28-20-26-43(34-45)41-23-13-10-14-24-41/h7-26,29-36,44-45,56H,27-28,37H2,1-6H3,(H,63,65). The van der Waals surface area contributed by atoms with Gasteiger partial charge in [0.25, 0.3) is 0 Å². The fourth-order valence-corrected chi connectivity index (χ4v) is 10.9. The van der Waals surface area contributed by atoms with Gasteiger partial charge < -0.3 is 5.32 Å². The molecule has 5 aromatic carbocycles. The lowest BCUT2D eigenvalue weighted by atomic mass is 9.73. The van der Waals surface area contributed by atoms with Gasteiger partial charge in [0.1, 0.15) is 5.69 Å². The number of allylic oxidation sites excluding steroid dienone is 8. The summed E-state index contributed by atoms with van der Waals surface area (Å²) in [5.74, 6) is 1.58. The maximum Gasteiger partial charge on any atom is 0.235 e. The number of para-hydroxylation sites is 2. The van der Waals surface area contributed by atoms with Crippen LogP contribution < -0.4 is 10.2 Å². The Balaban J connectivity index is 1.11. The highest BCUT2D eigenvalue weighted by Crippen LogP contribution is 2.53. The van der Waals surface area contributed by atoms with Crippen LogP contribution in [-0.2, 0) is 5.41 Å². The Morgan fingerprint density at radius 3 is 2.15 bits per heavy atom. The molecule has 0 saturated heterocycles. The van der Waals surface area contributed by atoms with Crippen molar-refractivity contribution in [3.05, 3.63) is 203 Å². The van der Waals surface area contributed by atoms with Crippen molar-refractivity contribution in [3.8, 4) is 0 Å². The molecule has 0 saturated carbocycles. The van der Waals surface area contributed by atoms with Gasteiger partial charge >= 0.3 is 0 Å². The Morgan fingerprint density at radius 2 is 1.40 bits per heavy atom. The molecule has 2 aliphatic carbocycles. The van der Waals surface area contributed by atoms with Crippen LogP contribution in [0.3, 0.4) is 0 Å². The Bertz CT molecular complexity index is 3380. The minimum atomic E-state index is -0.345. The number of aryl methyl sites for hydroxylation is 1. The molecule has 68 heavy (non-hydrogen) atoms. The van der Waals surface area contributed by atoms with E-state index in [2.05, 4.69) is 200 Å². The zero-order valence-corrected chi connectivity index (χ0v) is 39.6. The van der Waals surface area contributed by atoms with Crippen molar-refractivity contribution in [2.24, 2.45) is 20.9 Å². The molecule has 7 aromatic rings. The first kappa shape index (κ1) is 42.9. The predicted molar refractivity (Wildman–Crippen MR) is 284 cm³/mol. The topological polar surface area (TPSA) is 83.1 Å². The molecule has 0 spiro atoms. The van der Waals surface area contributed by atoms with Crippen LogP contribution in [0.25, 0.3) is 33.0 Å². The molecular weight excluding hydrogens is 833 g/mol. The molecule has 3 unspecified atom stereocenters. The van der Waals surface area contributed by atoms with Crippen LogP contribution >= 0.6 is 0 Å². The SMILES string of the molecule is CC=NCC1=C(C)NC(n2c3ccccc3c3cc4c(cc32)N(c2nc(C)c(N=CC)c(C3C=C(c5ccccc5)C=CC3)n2)c2ccccc2C4(C)C)=NC1C1C=C(c2ccccc2)C=CC1. The van der Waals surface area contributed by atoms with Gasteiger partial charge in [0.15, 0.2) is 0 Å². The lowest BCUT2D eigenvalue weighted by Crippen LogP contribution is -2.39. The Hall–Kier alpha value is -7.71. The van der Waals surface area contributed by atoms with E-state index in [1.807, 2.05) is 26.3 Å². The summed E-state index contributed by atoms with van der Waals surface area (Å²) in [6.45, 7) is 13.5. The molecule has 336 valence electrons. The summed E-state index contributed by atoms with van der Waals surface area (Å²) in [7, 11) is 0. The highest BCUT2D eigenvalue weighted by molar-refractivity contribution is 6.16. The van der Waals surface area contributed by atoms with Crippen molar-refractivity contribution in [2.75, 3.05) is 11.4 Å². The first-order valence-electron chi connectivity index (χ1n) is 23.9. The minimum absolute atomic E-state index is 0.00104. The van der Waals surface area contributed by atoms with Gasteiger partial charge in [0.2, 0.25) is 11.9 Å². The zero-order chi connectivity index (χ0) is 46.5. The third-order valence-corrected chi connectivity index (χ3v) is 14.2. The summed E-state index contributed by atoms with van der Waals surface area (Å²) < 4.78 is 2.34. The van der Waals surface area contributed by atoms with E-state index < -0.39 is 0 Å². The van der Waals surface area contributed by atoms with E-state index in [0.717, 1.165) is 64.0 Å². The van der Waals surface area contributed by atoms with Crippen molar-refractivity contribution in [1.82, 2.24) is 19.9 Å². The Morgan fingerprint density at radius 1 is 0.706 bits per heavy atom. The van der Waals surface area contributed by atoms with E-state index in [9.17, 15) is 0 Å². The molecule has 2 aromatic heterocycles. The molecule has 8 heteroatoms. The number of fused-ring (bicyclic) bond motifs is 5. The summed E-state index contributed by atoms with van der Waals surface area (Å²) in [5, 5.41) is 6.17. The number of nitrogens with zero attached hydrogens (tertiary/aromatic N) is 7. The maximum absolute atomic E-state index is 5.74. The van der Waals surface area contributed by atoms with Crippen LogP contribution in [0, 0.1) is 12.8 Å². The smallest absolute Gasteiger partial charge is 0.235 e. The van der Waals surface area contributed by atoms with Gasteiger partial charge in [0.05, 0.1) is 46.4 Å². The van der Waals surface area contributed by atoms with Crippen LogP contribution in [0.1, 0.15) is 87.0 Å². The third kappa shape index (κ3) is 7.35. The van der Waals surface area contributed by atoms with E-state index >= 15 is 0 Å². The fraction of sp³-hybridized carbons (Fsp3) is 0.217. The summed E-state index contributed by atoms with van der Waals surface area (Å²) >= 11 is 0. The molecule has 2 aliphatic heterocycles. The van der Waals surface area contributed by atoms with E-state index in [1.165, 1.54) is 49.7 Å². The van der Waals surface area contributed by atoms with Crippen molar-refractivity contribution in [2.45, 2.75) is 71.8 Å². The monoisotopic (exact) mass is 888 g/mol. The average molecular weight is 889 g/mol. The molecule has 3 atom stereocenters. The van der Waals surface area contributed by atoms with Crippen LogP contribution in [0.2, 0.25) is 0 Å². The summed E-state index contributed by atoms with van der Waals surface area (Å²) in [6, 6.07) is 43.4.